The van der Waals surface area contributed by atoms with E-state index in [1.165, 1.54) is 0 Å². The van der Waals surface area contributed by atoms with E-state index in [1.807, 2.05) is 25.1 Å². The average Bonchev–Trinajstić information content (AvgIpc) is 3.19. The summed E-state index contributed by atoms with van der Waals surface area (Å²) in [5, 5.41) is 12.1. The van der Waals surface area contributed by atoms with Crippen LogP contribution in [0.3, 0.4) is 0 Å². The van der Waals surface area contributed by atoms with Gasteiger partial charge in [0.05, 0.1) is 16.7 Å². The quantitative estimate of drug-likeness (QED) is 0.772. The number of H-pyrrole nitrogens is 1. The van der Waals surface area contributed by atoms with Gasteiger partial charge in [-0.15, -0.1) is 0 Å². The molecule has 1 saturated heterocycles. The Labute approximate surface area is 138 Å². The van der Waals surface area contributed by atoms with Crippen molar-refractivity contribution in [3.63, 3.8) is 0 Å². The minimum Gasteiger partial charge on any atom is -0.472 e. The monoisotopic (exact) mass is 329 g/mol. The maximum atomic E-state index is 6.18. The molecule has 0 aliphatic carbocycles. The molecule has 6 nitrogen and oxygen atoms in total. The van der Waals surface area contributed by atoms with Crippen LogP contribution in [-0.2, 0) is 0 Å². The Morgan fingerprint density at radius 1 is 1.35 bits per heavy atom. The van der Waals surface area contributed by atoms with E-state index in [0.29, 0.717) is 16.6 Å². The number of aromatic nitrogens is 4. The molecule has 1 aromatic carbocycles. The van der Waals surface area contributed by atoms with Gasteiger partial charge in [0.2, 0.25) is 5.88 Å². The fourth-order valence-electron chi connectivity index (χ4n) is 2.79. The van der Waals surface area contributed by atoms with E-state index in [1.54, 1.807) is 6.20 Å². The van der Waals surface area contributed by atoms with E-state index in [2.05, 4.69) is 25.5 Å². The van der Waals surface area contributed by atoms with E-state index in [-0.39, 0.29) is 6.10 Å². The largest absolute Gasteiger partial charge is 0.472 e. The van der Waals surface area contributed by atoms with Crippen molar-refractivity contribution in [3.8, 4) is 17.3 Å². The minimum atomic E-state index is 0.166. The number of fused-ring (bicyclic) bond motifs is 1. The maximum absolute atomic E-state index is 6.18. The summed E-state index contributed by atoms with van der Waals surface area (Å²) in [6.45, 7) is 3.73. The van der Waals surface area contributed by atoms with Crippen LogP contribution in [0.2, 0.25) is 5.02 Å². The number of halogens is 1. The van der Waals surface area contributed by atoms with E-state index >= 15 is 0 Å². The van der Waals surface area contributed by atoms with Crippen molar-refractivity contribution in [2.24, 2.45) is 0 Å². The summed E-state index contributed by atoms with van der Waals surface area (Å²) >= 11 is 6.18. The Hall–Kier alpha value is -2.18. The second-order valence-electron chi connectivity index (χ2n) is 5.61. The molecule has 3 aromatic rings. The first kappa shape index (κ1) is 14.4. The lowest BCUT2D eigenvalue weighted by molar-refractivity contribution is 0.211. The van der Waals surface area contributed by atoms with Crippen LogP contribution in [0.15, 0.2) is 24.4 Å². The number of aryl methyl sites for hydroxylation is 1. The summed E-state index contributed by atoms with van der Waals surface area (Å²) in [6.07, 6.45) is 2.85. The van der Waals surface area contributed by atoms with Gasteiger partial charge < -0.3 is 10.1 Å². The lowest BCUT2D eigenvalue weighted by Crippen LogP contribution is -2.20. The highest BCUT2D eigenvalue weighted by Gasteiger charge is 2.19. The molecule has 23 heavy (non-hydrogen) atoms. The molecule has 3 heterocycles. The van der Waals surface area contributed by atoms with Crippen molar-refractivity contribution in [1.82, 2.24) is 25.5 Å². The summed E-state index contributed by atoms with van der Waals surface area (Å²) in [7, 11) is 0. The molecular weight excluding hydrogens is 314 g/mol. The molecule has 7 heteroatoms. The SMILES string of the molecule is Cc1nc(-c2n[nH]c3c(Cl)cccc23)cnc1OC1CCNC1. The third kappa shape index (κ3) is 2.64. The van der Waals surface area contributed by atoms with Crippen LogP contribution in [0, 0.1) is 6.92 Å². The zero-order valence-corrected chi connectivity index (χ0v) is 13.4. The highest BCUT2D eigenvalue weighted by molar-refractivity contribution is 6.35. The van der Waals surface area contributed by atoms with Crippen LogP contribution in [0.1, 0.15) is 12.1 Å². The van der Waals surface area contributed by atoms with Gasteiger partial charge in [-0.3, -0.25) is 5.10 Å². The van der Waals surface area contributed by atoms with Gasteiger partial charge in [-0.05, 0) is 26.0 Å². The van der Waals surface area contributed by atoms with Crippen LogP contribution in [0.25, 0.3) is 22.3 Å². The summed E-state index contributed by atoms with van der Waals surface area (Å²) in [6, 6.07) is 5.69. The fourth-order valence-corrected chi connectivity index (χ4v) is 3.01. The predicted octanol–water partition coefficient (Wildman–Crippen LogP) is 2.72. The van der Waals surface area contributed by atoms with Gasteiger partial charge >= 0.3 is 0 Å². The number of para-hydroxylation sites is 1. The Kier molecular flexibility index (Phi) is 3.63. The van der Waals surface area contributed by atoms with Crippen molar-refractivity contribution in [2.75, 3.05) is 13.1 Å². The number of ether oxygens (including phenoxy) is 1. The number of nitrogens with zero attached hydrogens (tertiary/aromatic N) is 3. The standard InChI is InChI=1S/C16H16ClN5O/c1-9-16(23-10-5-6-18-7-10)19-8-13(20-9)15-11-3-2-4-12(17)14(11)21-22-15/h2-4,8,10,18H,5-7H2,1H3,(H,21,22). The molecule has 1 unspecified atom stereocenters. The molecule has 0 spiro atoms. The van der Waals surface area contributed by atoms with Gasteiger partial charge in [0.15, 0.2) is 0 Å². The van der Waals surface area contributed by atoms with Crippen molar-refractivity contribution < 1.29 is 4.74 Å². The van der Waals surface area contributed by atoms with Crippen molar-refractivity contribution in [3.05, 3.63) is 35.1 Å². The van der Waals surface area contributed by atoms with Crippen molar-refractivity contribution >= 4 is 22.5 Å². The molecule has 0 amide bonds. The summed E-state index contributed by atoms with van der Waals surface area (Å²) < 4.78 is 5.90. The first-order valence-electron chi connectivity index (χ1n) is 7.56. The van der Waals surface area contributed by atoms with Crippen LogP contribution < -0.4 is 10.1 Å². The highest BCUT2D eigenvalue weighted by Crippen LogP contribution is 2.29. The fraction of sp³-hybridized carbons (Fsp3) is 0.312. The zero-order chi connectivity index (χ0) is 15.8. The molecule has 0 radical (unpaired) electrons. The molecule has 0 saturated carbocycles. The number of aromatic amines is 1. The van der Waals surface area contributed by atoms with Gasteiger partial charge in [-0.1, -0.05) is 23.7 Å². The average molecular weight is 330 g/mol. The summed E-state index contributed by atoms with van der Waals surface area (Å²) in [4.78, 5) is 9.03. The Bertz CT molecular complexity index is 857. The first-order valence-corrected chi connectivity index (χ1v) is 7.94. The van der Waals surface area contributed by atoms with Gasteiger partial charge in [-0.25, -0.2) is 9.97 Å². The number of rotatable bonds is 3. The molecule has 2 aromatic heterocycles. The van der Waals surface area contributed by atoms with Crippen molar-refractivity contribution in [2.45, 2.75) is 19.4 Å². The van der Waals surface area contributed by atoms with Gasteiger partial charge in [-0.2, -0.15) is 5.10 Å². The van der Waals surface area contributed by atoms with E-state index in [4.69, 9.17) is 16.3 Å². The van der Waals surface area contributed by atoms with E-state index in [0.717, 1.165) is 41.8 Å². The maximum Gasteiger partial charge on any atom is 0.235 e. The number of nitrogens with one attached hydrogen (secondary N) is 2. The lowest BCUT2D eigenvalue weighted by atomic mass is 10.2. The molecule has 118 valence electrons. The first-order chi connectivity index (χ1) is 11.2. The Morgan fingerprint density at radius 3 is 3.04 bits per heavy atom. The molecule has 2 N–H and O–H groups in total. The smallest absolute Gasteiger partial charge is 0.235 e. The molecule has 0 bridgehead atoms. The van der Waals surface area contributed by atoms with Gasteiger partial charge in [0, 0.05) is 11.9 Å². The minimum absolute atomic E-state index is 0.166. The van der Waals surface area contributed by atoms with Crippen LogP contribution in [0.4, 0.5) is 0 Å². The van der Waals surface area contributed by atoms with Gasteiger partial charge in [0.25, 0.3) is 0 Å². The topological polar surface area (TPSA) is 75.7 Å². The Balaban J connectivity index is 1.68. The zero-order valence-electron chi connectivity index (χ0n) is 12.6. The van der Waals surface area contributed by atoms with Gasteiger partial charge in [0.1, 0.15) is 23.2 Å². The Morgan fingerprint density at radius 2 is 2.26 bits per heavy atom. The third-order valence-corrected chi connectivity index (χ3v) is 4.30. The molecule has 1 fully saturated rings. The van der Waals surface area contributed by atoms with Crippen molar-refractivity contribution in [1.29, 1.82) is 0 Å². The van der Waals surface area contributed by atoms with E-state index in [9.17, 15) is 0 Å². The summed E-state index contributed by atoms with van der Waals surface area (Å²) in [5.74, 6) is 0.584. The third-order valence-electron chi connectivity index (χ3n) is 3.99. The van der Waals surface area contributed by atoms with Crippen LogP contribution >= 0.6 is 11.6 Å². The van der Waals surface area contributed by atoms with Crippen LogP contribution in [-0.4, -0.2) is 39.4 Å². The van der Waals surface area contributed by atoms with Crippen LogP contribution in [0.5, 0.6) is 5.88 Å². The second kappa shape index (κ2) is 5.79. The molecule has 1 aliphatic rings. The molecular formula is C16H16ClN5O. The predicted molar refractivity (Wildman–Crippen MR) is 88.8 cm³/mol. The summed E-state index contributed by atoms with van der Waals surface area (Å²) in [5.41, 5.74) is 3.01. The molecule has 1 atom stereocenters. The normalized spacial score (nSPS) is 17.7. The number of benzene rings is 1. The molecule has 1 aliphatic heterocycles. The second-order valence-corrected chi connectivity index (χ2v) is 6.02. The lowest BCUT2D eigenvalue weighted by Gasteiger charge is -2.13. The molecule has 4 rings (SSSR count). The van der Waals surface area contributed by atoms with E-state index < -0.39 is 0 Å². The highest BCUT2D eigenvalue weighted by atomic mass is 35.5. The number of hydrogen-bond acceptors (Lipinski definition) is 5. The number of hydrogen-bond donors (Lipinski definition) is 2.